The Morgan fingerprint density at radius 2 is 1.68 bits per heavy atom. The standard InChI is InChI=1S/C24H37NO3/c1-5-14-24(26,15-6-2)23-13-12-22(28-23)19-25(16-7-17-27-4)18-21-10-8-20(3)9-11-21/h8-13,26H,5-7,14-19H2,1-4H3. The summed E-state index contributed by atoms with van der Waals surface area (Å²) < 4.78 is 11.4. The summed E-state index contributed by atoms with van der Waals surface area (Å²) in [5.74, 6) is 1.61. The molecular formula is C24H37NO3. The van der Waals surface area contributed by atoms with Gasteiger partial charge < -0.3 is 14.3 Å². The van der Waals surface area contributed by atoms with Crippen LogP contribution in [0.25, 0.3) is 0 Å². The van der Waals surface area contributed by atoms with E-state index < -0.39 is 5.60 Å². The highest BCUT2D eigenvalue weighted by atomic mass is 16.5. The number of furan rings is 1. The van der Waals surface area contributed by atoms with Crippen molar-refractivity contribution in [2.45, 2.75) is 71.6 Å². The maximum Gasteiger partial charge on any atom is 0.135 e. The van der Waals surface area contributed by atoms with Crippen LogP contribution in [-0.2, 0) is 23.4 Å². The molecule has 4 heteroatoms. The van der Waals surface area contributed by atoms with Crippen molar-refractivity contribution in [3.63, 3.8) is 0 Å². The minimum atomic E-state index is -0.848. The van der Waals surface area contributed by atoms with Gasteiger partial charge in [-0.3, -0.25) is 4.90 Å². The van der Waals surface area contributed by atoms with Gasteiger partial charge in [-0.15, -0.1) is 0 Å². The van der Waals surface area contributed by atoms with Gasteiger partial charge in [0.05, 0.1) is 6.54 Å². The molecule has 0 spiro atoms. The third-order valence-corrected chi connectivity index (χ3v) is 5.18. The highest BCUT2D eigenvalue weighted by molar-refractivity contribution is 5.21. The number of methoxy groups -OCH3 is 1. The molecule has 0 radical (unpaired) electrons. The Labute approximate surface area is 170 Å². The Bertz CT molecular complexity index is 671. The van der Waals surface area contributed by atoms with Crippen LogP contribution in [0, 0.1) is 6.92 Å². The average molecular weight is 388 g/mol. The first-order chi connectivity index (χ1) is 13.5. The first-order valence-corrected chi connectivity index (χ1v) is 10.6. The molecule has 0 saturated heterocycles. The number of ether oxygens (including phenoxy) is 1. The molecule has 0 aliphatic carbocycles. The second-order valence-corrected chi connectivity index (χ2v) is 7.84. The number of nitrogens with zero attached hydrogens (tertiary/aromatic N) is 1. The molecule has 0 aliphatic rings. The molecule has 2 rings (SSSR count). The summed E-state index contributed by atoms with van der Waals surface area (Å²) in [5.41, 5.74) is 1.72. The van der Waals surface area contributed by atoms with Gasteiger partial charge >= 0.3 is 0 Å². The smallest absolute Gasteiger partial charge is 0.135 e. The van der Waals surface area contributed by atoms with Crippen molar-refractivity contribution < 1.29 is 14.3 Å². The Morgan fingerprint density at radius 1 is 1.00 bits per heavy atom. The first-order valence-electron chi connectivity index (χ1n) is 10.6. The van der Waals surface area contributed by atoms with Crippen molar-refractivity contribution in [3.8, 4) is 0 Å². The lowest BCUT2D eigenvalue weighted by atomic mass is 9.90. The zero-order valence-corrected chi connectivity index (χ0v) is 18.0. The molecule has 1 aromatic carbocycles. The highest BCUT2D eigenvalue weighted by Crippen LogP contribution is 2.33. The monoisotopic (exact) mass is 387 g/mol. The molecule has 0 unspecified atom stereocenters. The number of aryl methyl sites for hydroxylation is 1. The van der Waals surface area contributed by atoms with Gasteiger partial charge in [-0.25, -0.2) is 0 Å². The molecule has 0 atom stereocenters. The predicted octanol–water partition coefficient (Wildman–Crippen LogP) is 5.41. The third-order valence-electron chi connectivity index (χ3n) is 5.18. The lowest BCUT2D eigenvalue weighted by Crippen LogP contribution is -2.25. The lowest BCUT2D eigenvalue weighted by Gasteiger charge is -2.25. The minimum Gasteiger partial charge on any atom is -0.462 e. The normalized spacial score (nSPS) is 12.1. The molecule has 28 heavy (non-hydrogen) atoms. The number of hydrogen-bond acceptors (Lipinski definition) is 4. The molecule has 0 bridgehead atoms. The summed E-state index contributed by atoms with van der Waals surface area (Å²) in [4.78, 5) is 2.38. The molecule has 1 heterocycles. The van der Waals surface area contributed by atoms with E-state index in [-0.39, 0.29) is 0 Å². The van der Waals surface area contributed by atoms with E-state index in [4.69, 9.17) is 9.15 Å². The summed E-state index contributed by atoms with van der Waals surface area (Å²) in [7, 11) is 1.74. The van der Waals surface area contributed by atoms with Crippen LogP contribution in [0.2, 0.25) is 0 Å². The molecule has 156 valence electrons. The second-order valence-electron chi connectivity index (χ2n) is 7.84. The van der Waals surface area contributed by atoms with E-state index in [2.05, 4.69) is 49.9 Å². The number of rotatable bonds is 13. The Hall–Kier alpha value is -1.62. The SMILES string of the molecule is CCCC(O)(CCC)c1ccc(CN(CCCOC)Cc2ccc(C)cc2)o1. The van der Waals surface area contributed by atoms with E-state index in [1.165, 1.54) is 11.1 Å². The van der Waals surface area contributed by atoms with Gasteiger partial charge in [-0.2, -0.15) is 0 Å². The van der Waals surface area contributed by atoms with Crippen LogP contribution < -0.4 is 0 Å². The van der Waals surface area contributed by atoms with E-state index in [9.17, 15) is 5.11 Å². The average Bonchev–Trinajstić information content (AvgIpc) is 3.13. The number of benzene rings is 1. The number of hydrogen-bond donors (Lipinski definition) is 1. The summed E-state index contributed by atoms with van der Waals surface area (Å²) in [6.07, 6.45) is 4.31. The molecule has 0 fully saturated rings. The summed E-state index contributed by atoms with van der Waals surface area (Å²) in [5, 5.41) is 11.0. The topological polar surface area (TPSA) is 45.8 Å². The van der Waals surface area contributed by atoms with E-state index in [0.717, 1.165) is 64.1 Å². The maximum atomic E-state index is 11.0. The maximum absolute atomic E-state index is 11.0. The molecule has 0 amide bonds. The van der Waals surface area contributed by atoms with E-state index in [1.54, 1.807) is 7.11 Å². The fraction of sp³-hybridized carbons (Fsp3) is 0.583. The van der Waals surface area contributed by atoms with Gasteiger partial charge in [0.15, 0.2) is 0 Å². The fourth-order valence-electron chi connectivity index (χ4n) is 3.73. The molecular weight excluding hydrogens is 350 g/mol. The van der Waals surface area contributed by atoms with Gasteiger partial charge in [0.25, 0.3) is 0 Å². The van der Waals surface area contributed by atoms with Crippen LogP contribution in [0.4, 0.5) is 0 Å². The number of aliphatic hydroxyl groups is 1. The Kier molecular flexibility index (Phi) is 9.23. The van der Waals surface area contributed by atoms with Gasteiger partial charge in [0.1, 0.15) is 17.1 Å². The largest absolute Gasteiger partial charge is 0.462 e. The molecule has 2 aromatic rings. The molecule has 0 saturated carbocycles. The lowest BCUT2D eigenvalue weighted by molar-refractivity contribution is -0.00523. The van der Waals surface area contributed by atoms with Crippen LogP contribution >= 0.6 is 0 Å². The van der Waals surface area contributed by atoms with Crippen molar-refractivity contribution in [2.24, 2.45) is 0 Å². The van der Waals surface area contributed by atoms with Crippen molar-refractivity contribution in [3.05, 3.63) is 59.0 Å². The van der Waals surface area contributed by atoms with E-state index >= 15 is 0 Å². The third kappa shape index (κ3) is 6.77. The Balaban J connectivity index is 2.10. The van der Waals surface area contributed by atoms with Crippen LogP contribution in [0.1, 0.15) is 68.6 Å². The van der Waals surface area contributed by atoms with E-state index in [0.29, 0.717) is 5.76 Å². The van der Waals surface area contributed by atoms with Crippen molar-refractivity contribution in [1.82, 2.24) is 4.90 Å². The molecule has 4 nitrogen and oxygen atoms in total. The minimum absolute atomic E-state index is 0.707. The zero-order valence-electron chi connectivity index (χ0n) is 18.0. The summed E-state index contributed by atoms with van der Waals surface area (Å²) >= 11 is 0. The van der Waals surface area contributed by atoms with Crippen LogP contribution in [0.3, 0.4) is 0 Å². The molecule has 1 N–H and O–H groups in total. The second kappa shape index (κ2) is 11.4. The van der Waals surface area contributed by atoms with Crippen LogP contribution in [0.15, 0.2) is 40.8 Å². The summed E-state index contributed by atoms with van der Waals surface area (Å²) in [6.45, 7) is 9.60. The van der Waals surface area contributed by atoms with Gasteiger partial charge in [-0.05, 0) is 43.9 Å². The first kappa shape index (κ1) is 22.7. The van der Waals surface area contributed by atoms with Crippen molar-refractivity contribution in [1.29, 1.82) is 0 Å². The van der Waals surface area contributed by atoms with Gasteiger partial charge in [-0.1, -0.05) is 56.5 Å². The van der Waals surface area contributed by atoms with Gasteiger partial charge in [0, 0.05) is 26.8 Å². The van der Waals surface area contributed by atoms with Crippen molar-refractivity contribution in [2.75, 3.05) is 20.3 Å². The van der Waals surface area contributed by atoms with Crippen molar-refractivity contribution >= 4 is 0 Å². The van der Waals surface area contributed by atoms with Crippen LogP contribution in [-0.4, -0.2) is 30.3 Å². The predicted molar refractivity (Wildman–Crippen MR) is 114 cm³/mol. The van der Waals surface area contributed by atoms with E-state index in [1.807, 2.05) is 12.1 Å². The highest BCUT2D eigenvalue weighted by Gasteiger charge is 2.31. The molecule has 1 aromatic heterocycles. The fourth-order valence-corrected chi connectivity index (χ4v) is 3.73. The van der Waals surface area contributed by atoms with Crippen LogP contribution in [0.5, 0.6) is 0 Å². The zero-order chi connectivity index (χ0) is 20.4. The summed E-state index contributed by atoms with van der Waals surface area (Å²) in [6, 6.07) is 12.7. The van der Waals surface area contributed by atoms with Gasteiger partial charge in [0.2, 0.25) is 0 Å². The molecule has 0 aliphatic heterocycles. The quantitative estimate of drug-likeness (QED) is 0.467. The Morgan fingerprint density at radius 3 is 2.29 bits per heavy atom.